The molecular formula is C13H19N3O3. The van der Waals surface area contributed by atoms with Crippen LogP contribution in [0.2, 0.25) is 0 Å². The normalized spacial score (nSPS) is 18.4. The minimum absolute atomic E-state index is 0.305. The molecule has 0 aliphatic carbocycles. The number of nitrogens with two attached hydrogens (primary N) is 2. The first kappa shape index (κ1) is 13.3. The van der Waals surface area contributed by atoms with Crippen molar-refractivity contribution in [2.75, 3.05) is 31.4 Å². The monoisotopic (exact) mass is 265 g/mol. The summed E-state index contributed by atoms with van der Waals surface area (Å²) in [4.78, 5) is 13.4. The number of carbonyl (C=O) groups excluding carboxylic acids is 1. The molecule has 0 aromatic heterocycles. The van der Waals surface area contributed by atoms with Crippen LogP contribution < -0.4 is 25.8 Å². The first-order valence-electron chi connectivity index (χ1n) is 6.16. The zero-order valence-corrected chi connectivity index (χ0v) is 11.2. The standard InChI is InChI=1S/C13H19N3O3/c1-18-11-6-8(14)10(7-12(11)19-2)16-5-3-4-9(16)13(15)17/h6-7,9H,3-5,14H2,1-2H3,(H2,15,17). The highest BCUT2D eigenvalue weighted by atomic mass is 16.5. The Labute approximate surface area is 112 Å². The average molecular weight is 265 g/mol. The smallest absolute Gasteiger partial charge is 0.240 e. The van der Waals surface area contributed by atoms with E-state index in [1.807, 2.05) is 4.90 Å². The third-order valence-electron chi connectivity index (χ3n) is 3.42. The number of amides is 1. The lowest BCUT2D eigenvalue weighted by Crippen LogP contribution is -2.40. The van der Waals surface area contributed by atoms with Gasteiger partial charge in [-0.05, 0) is 12.8 Å². The fraction of sp³-hybridized carbons (Fsp3) is 0.462. The van der Waals surface area contributed by atoms with Gasteiger partial charge in [0.15, 0.2) is 11.5 Å². The van der Waals surface area contributed by atoms with Gasteiger partial charge in [-0.3, -0.25) is 4.79 Å². The second-order valence-electron chi connectivity index (χ2n) is 4.52. The van der Waals surface area contributed by atoms with E-state index < -0.39 is 0 Å². The third kappa shape index (κ3) is 2.38. The van der Waals surface area contributed by atoms with E-state index in [9.17, 15) is 4.79 Å². The molecule has 1 aromatic rings. The van der Waals surface area contributed by atoms with Gasteiger partial charge in [-0.25, -0.2) is 0 Å². The molecule has 1 aliphatic rings. The van der Waals surface area contributed by atoms with Crippen molar-refractivity contribution >= 4 is 17.3 Å². The summed E-state index contributed by atoms with van der Waals surface area (Å²) in [5, 5.41) is 0. The molecular weight excluding hydrogens is 246 g/mol. The van der Waals surface area contributed by atoms with Crippen molar-refractivity contribution in [1.29, 1.82) is 0 Å². The molecule has 1 amide bonds. The van der Waals surface area contributed by atoms with Crippen molar-refractivity contribution in [3.63, 3.8) is 0 Å². The van der Waals surface area contributed by atoms with E-state index in [-0.39, 0.29) is 11.9 Å². The van der Waals surface area contributed by atoms with E-state index in [0.717, 1.165) is 25.1 Å². The van der Waals surface area contributed by atoms with E-state index >= 15 is 0 Å². The van der Waals surface area contributed by atoms with Gasteiger partial charge in [0.05, 0.1) is 25.6 Å². The zero-order chi connectivity index (χ0) is 14.0. The molecule has 2 rings (SSSR count). The molecule has 6 nitrogen and oxygen atoms in total. The summed E-state index contributed by atoms with van der Waals surface area (Å²) in [6, 6.07) is 3.18. The molecule has 19 heavy (non-hydrogen) atoms. The Morgan fingerprint density at radius 1 is 1.32 bits per heavy atom. The van der Waals surface area contributed by atoms with Gasteiger partial charge in [0.2, 0.25) is 5.91 Å². The lowest BCUT2D eigenvalue weighted by molar-refractivity contribution is -0.119. The molecule has 1 atom stereocenters. The Morgan fingerprint density at radius 3 is 2.53 bits per heavy atom. The highest BCUT2D eigenvalue weighted by Gasteiger charge is 2.30. The molecule has 104 valence electrons. The molecule has 0 bridgehead atoms. The number of nitrogens with zero attached hydrogens (tertiary/aromatic N) is 1. The van der Waals surface area contributed by atoms with E-state index in [0.29, 0.717) is 17.2 Å². The first-order valence-corrected chi connectivity index (χ1v) is 6.16. The van der Waals surface area contributed by atoms with Crippen LogP contribution in [0.4, 0.5) is 11.4 Å². The van der Waals surface area contributed by atoms with Crippen LogP contribution in [0.5, 0.6) is 11.5 Å². The van der Waals surface area contributed by atoms with Gasteiger partial charge in [-0.2, -0.15) is 0 Å². The van der Waals surface area contributed by atoms with Gasteiger partial charge in [-0.15, -0.1) is 0 Å². The maximum Gasteiger partial charge on any atom is 0.240 e. The lowest BCUT2D eigenvalue weighted by atomic mass is 10.1. The fourth-order valence-corrected chi connectivity index (χ4v) is 2.48. The topological polar surface area (TPSA) is 90.8 Å². The molecule has 0 saturated carbocycles. The Bertz CT molecular complexity index is 490. The molecule has 6 heteroatoms. The summed E-state index contributed by atoms with van der Waals surface area (Å²) >= 11 is 0. The van der Waals surface area contributed by atoms with Crippen LogP contribution in [-0.2, 0) is 4.79 Å². The van der Waals surface area contributed by atoms with Crippen LogP contribution >= 0.6 is 0 Å². The Balaban J connectivity index is 2.41. The van der Waals surface area contributed by atoms with Crippen molar-refractivity contribution in [2.45, 2.75) is 18.9 Å². The number of primary amides is 1. The molecule has 4 N–H and O–H groups in total. The van der Waals surface area contributed by atoms with Gasteiger partial charge >= 0.3 is 0 Å². The maximum absolute atomic E-state index is 11.5. The number of rotatable bonds is 4. The zero-order valence-electron chi connectivity index (χ0n) is 11.2. The average Bonchev–Trinajstić information content (AvgIpc) is 2.87. The van der Waals surface area contributed by atoms with Crippen LogP contribution in [0.15, 0.2) is 12.1 Å². The quantitative estimate of drug-likeness (QED) is 0.783. The number of anilines is 2. The molecule has 0 spiro atoms. The van der Waals surface area contributed by atoms with Gasteiger partial charge in [0.25, 0.3) is 0 Å². The number of benzene rings is 1. The predicted octanol–water partition coefficient (Wildman–Crippen LogP) is 0.740. The second-order valence-corrected chi connectivity index (χ2v) is 4.52. The van der Waals surface area contributed by atoms with Crippen LogP contribution in [0.3, 0.4) is 0 Å². The van der Waals surface area contributed by atoms with Crippen LogP contribution in [-0.4, -0.2) is 32.7 Å². The van der Waals surface area contributed by atoms with Gasteiger partial charge in [0.1, 0.15) is 6.04 Å². The van der Waals surface area contributed by atoms with E-state index in [4.69, 9.17) is 20.9 Å². The first-order chi connectivity index (χ1) is 9.08. The molecule has 1 aromatic carbocycles. The van der Waals surface area contributed by atoms with Crippen LogP contribution in [0.1, 0.15) is 12.8 Å². The van der Waals surface area contributed by atoms with Crippen molar-refractivity contribution < 1.29 is 14.3 Å². The predicted molar refractivity (Wildman–Crippen MR) is 73.5 cm³/mol. The molecule has 1 unspecified atom stereocenters. The minimum atomic E-state index is -0.327. The van der Waals surface area contributed by atoms with Crippen molar-refractivity contribution in [1.82, 2.24) is 0 Å². The van der Waals surface area contributed by atoms with E-state index in [2.05, 4.69) is 0 Å². The SMILES string of the molecule is COc1cc(N)c(N2CCCC2C(N)=O)cc1OC. The Kier molecular flexibility index (Phi) is 3.69. The Morgan fingerprint density at radius 2 is 1.95 bits per heavy atom. The number of hydrogen-bond donors (Lipinski definition) is 2. The number of nitrogen functional groups attached to an aromatic ring is 1. The number of hydrogen-bond acceptors (Lipinski definition) is 5. The van der Waals surface area contributed by atoms with Crippen LogP contribution in [0.25, 0.3) is 0 Å². The second kappa shape index (κ2) is 5.26. The number of ether oxygens (including phenoxy) is 2. The van der Waals surface area contributed by atoms with Crippen LogP contribution in [0, 0.1) is 0 Å². The largest absolute Gasteiger partial charge is 0.493 e. The highest BCUT2D eigenvalue weighted by molar-refractivity contribution is 5.86. The summed E-state index contributed by atoms with van der Waals surface area (Å²) in [5.74, 6) is 0.826. The van der Waals surface area contributed by atoms with E-state index in [1.54, 1.807) is 26.4 Å². The Hall–Kier alpha value is -2.11. The fourth-order valence-electron chi connectivity index (χ4n) is 2.48. The lowest BCUT2D eigenvalue weighted by Gasteiger charge is -2.26. The highest BCUT2D eigenvalue weighted by Crippen LogP contribution is 2.39. The van der Waals surface area contributed by atoms with Gasteiger partial charge in [0, 0.05) is 18.7 Å². The summed E-state index contributed by atoms with van der Waals surface area (Å²) in [7, 11) is 3.12. The minimum Gasteiger partial charge on any atom is -0.493 e. The van der Waals surface area contributed by atoms with Crippen molar-refractivity contribution in [2.24, 2.45) is 5.73 Å². The number of methoxy groups -OCH3 is 2. The summed E-state index contributed by atoms with van der Waals surface area (Å²) in [6.45, 7) is 0.757. The molecule has 1 saturated heterocycles. The van der Waals surface area contributed by atoms with Crippen molar-refractivity contribution in [3.05, 3.63) is 12.1 Å². The molecule has 0 radical (unpaired) electrons. The molecule has 1 aliphatic heterocycles. The maximum atomic E-state index is 11.5. The van der Waals surface area contributed by atoms with E-state index in [1.165, 1.54) is 0 Å². The molecule has 1 heterocycles. The summed E-state index contributed by atoms with van der Waals surface area (Å²) in [5.41, 5.74) is 12.8. The summed E-state index contributed by atoms with van der Waals surface area (Å²) in [6.07, 6.45) is 1.67. The summed E-state index contributed by atoms with van der Waals surface area (Å²) < 4.78 is 10.5. The third-order valence-corrected chi connectivity index (χ3v) is 3.42. The van der Waals surface area contributed by atoms with Crippen molar-refractivity contribution in [3.8, 4) is 11.5 Å². The van der Waals surface area contributed by atoms with Gasteiger partial charge < -0.3 is 25.8 Å². The molecule has 1 fully saturated rings. The van der Waals surface area contributed by atoms with Gasteiger partial charge in [-0.1, -0.05) is 0 Å². The number of carbonyl (C=O) groups is 1.